The van der Waals surface area contributed by atoms with Crippen LogP contribution >= 0.6 is 0 Å². The van der Waals surface area contributed by atoms with Gasteiger partial charge in [-0.2, -0.15) is 0 Å². The van der Waals surface area contributed by atoms with E-state index in [9.17, 15) is 4.79 Å². The highest BCUT2D eigenvalue weighted by Crippen LogP contribution is 2.15. The van der Waals surface area contributed by atoms with Crippen LogP contribution in [0, 0.1) is 0 Å². The van der Waals surface area contributed by atoms with E-state index < -0.39 is 0 Å². The quantitative estimate of drug-likeness (QED) is 0.352. The van der Waals surface area contributed by atoms with Crippen molar-refractivity contribution in [1.82, 2.24) is 20.2 Å². The molecule has 1 heterocycles. The minimum atomic E-state index is -0.183. The lowest BCUT2D eigenvalue weighted by Gasteiger charge is -2.15. The molecule has 31 heavy (non-hydrogen) atoms. The van der Waals surface area contributed by atoms with Crippen molar-refractivity contribution < 1.29 is 14.3 Å². The number of hydrogen-bond acceptors (Lipinski definition) is 7. The molecule has 164 valence electrons. The number of carbonyl (C=O) groups is 1. The largest absolute Gasteiger partial charge is 0.494 e. The van der Waals surface area contributed by atoms with E-state index in [4.69, 9.17) is 9.47 Å². The van der Waals surface area contributed by atoms with E-state index in [1.807, 2.05) is 42.5 Å². The molecule has 0 aliphatic heterocycles. The number of ether oxygens (including phenoxy) is 2. The number of benzene rings is 2. The second-order valence-corrected chi connectivity index (χ2v) is 7.30. The van der Waals surface area contributed by atoms with Gasteiger partial charge in [0.15, 0.2) is 0 Å². The summed E-state index contributed by atoms with van der Waals surface area (Å²) >= 11 is 0. The Morgan fingerprint density at radius 2 is 1.87 bits per heavy atom. The van der Waals surface area contributed by atoms with E-state index in [1.165, 1.54) is 5.56 Å². The van der Waals surface area contributed by atoms with Gasteiger partial charge in [0.05, 0.1) is 19.8 Å². The van der Waals surface area contributed by atoms with Crippen LogP contribution in [0.15, 0.2) is 54.6 Å². The molecule has 2 aromatic carbocycles. The Hall–Kier alpha value is -3.42. The Balaban J connectivity index is 1.44. The zero-order valence-electron chi connectivity index (χ0n) is 18.0. The molecule has 0 radical (unpaired) electrons. The Labute approximate surface area is 182 Å². The van der Waals surface area contributed by atoms with E-state index in [2.05, 4.69) is 39.9 Å². The first-order chi connectivity index (χ1) is 15.1. The number of anilines is 1. The lowest BCUT2D eigenvalue weighted by molar-refractivity contribution is -0.143. The number of hydrogen-bond donors (Lipinski definition) is 1. The second kappa shape index (κ2) is 11.7. The fraction of sp³-hybridized carbons (Fsp3) is 0.391. The van der Waals surface area contributed by atoms with Crippen LogP contribution in [-0.2, 0) is 22.5 Å². The van der Waals surface area contributed by atoms with Crippen molar-refractivity contribution in [3.05, 3.63) is 65.7 Å². The molecule has 0 amide bonds. The van der Waals surface area contributed by atoms with Crippen LogP contribution in [0.2, 0.25) is 0 Å². The maximum atomic E-state index is 11.3. The summed E-state index contributed by atoms with van der Waals surface area (Å²) in [5, 5.41) is 15.4. The Kier molecular flexibility index (Phi) is 8.39. The summed E-state index contributed by atoms with van der Waals surface area (Å²) in [4.78, 5) is 11.3. The number of nitrogens with one attached hydrogen (secondary N) is 1. The molecule has 1 atom stereocenters. The maximum absolute atomic E-state index is 11.3. The summed E-state index contributed by atoms with van der Waals surface area (Å²) in [6, 6.07) is 18.2. The molecular formula is C23H29N5O3. The molecule has 0 aliphatic carbocycles. The number of nitrogens with zero attached hydrogens (tertiary/aromatic N) is 4. The van der Waals surface area contributed by atoms with Crippen LogP contribution in [0.4, 0.5) is 5.95 Å². The Bertz CT molecular complexity index is 928. The molecule has 1 unspecified atom stereocenters. The molecule has 1 N–H and O–H groups in total. The number of rotatable bonds is 12. The average molecular weight is 424 g/mol. The molecule has 0 saturated carbocycles. The van der Waals surface area contributed by atoms with E-state index in [-0.39, 0.29) is 12.0 Å². The van der Waals surface area contributed by atoms with Crippen molar-refractivity contribution in [2.24, 2.45) is 0 Å². The highest BCUT2D eigenvalue weighted by atomic mass is 16.5. The van der Waals surface area contributed by atoms with Gasteiger partial charge in [0, 0.05) is 12.5 Å². The number of aromatic nitrogens is 4. The van der Waals surface area contributed by atoms with Gasteiger partial charge < -0.3 is 14.8 Å². The van der Waals surface area contributed by atoms with Crippen molar-refractivity contribution in [2.75, 3.05) is 18.5 Å². The van der Waals surface area contributed by atoms with Crippen LogP contribution in [0.5, 0.6) is 5.75 Å². The van der Waals surface area contributed by atoms with E-state index in [1.54, 1.807) is 11.6 Å². The van der Waals surface area contributed by atoms with Crippen LogP contribution in [0.25, 0.3) is 0 Å². The van der Waals surface area contributed by atoms with Gasteiger partial charge in [-0.3, -0.25) is 4.79 Å². The normalized spacial score (nSPS) is 11.7. The van der Waals surface area contributed by atoms with Crippen molar-refractivity contribution in [3.63, 3.8) is 0 Å². The predicted molar refractivity (Wildman–Crippen MR) is 118 cm³/mol. The number of esters is 1. The minimum Gasteiger partial charge on any atom is -0.494 e. The zero-order chi connectivity index (χ0) is 21.9. The molecule has 0 spiro atoms. The molecule has 0 saturated heterocycles. The number of tetrazole rings is 1. The van der Waals surface area contributed by atoms with Crippen molar-refractivity contribution in [2.45, 2.75) is 45.7 Å². The highest BCUT2D eigenvalue weighted by Gasteiger charge is 2.11. The topological polar surface area (TPSA) is 91.2 Å². The summed E-state index contributed by atoms with van der Waals surface area (Å²) in [6.45, 7) is 5.42. The molecule has 8 nitrogen and oxygen atoms in total. The minimum absolute atomic E-state index is 0.150. The summed E-state index contributed by atoms with van der Waals surface area (Å²) in [5.74, 6) is 1.26. The first kappa shape index (κ1) is 22.3. The SMILES string of the molecule is CCOC(=O)CCCOc1ccc(CC(C)Nc2nnnn2Cc2ccccc2)cc1. The molecule has 1 aromatic heterocycles. The van der Waals surface area contributed by atoms with Gasteiger partial charge in [0.25, 0.3) is 0 Å². The molecule has 0 bridgehead atoms. The van der Waals surface area contributed by atoms with Crippen LogP contribution in [0.3, 0.4) is 0 Å². The number of carbonyl (C=O) groups excluding carboxylic acids is 1. The van der Waals surface area contributed by atoms with Gasteiger partial charge in [-0.05, 0) is 60.4 Å². The maximum Gasteiger partial charge on any atom is 0.305 e. The van der Waals surface area contributed by atoms with Gasteiger partial charge >= 0.3 is 5.97 Å². The third kappa shape index (κ3) is 7.40. The molecular weight excluding hydrogens is 394 g/mol. The fourth-order valence-electron chi connectivity index (χ4n) is 3.16. The van der Waals surface area contributed by atoms with Crippen LogP contribution in [-0.4, -0.2) is 45.4 Å². The summed E-state index contributed by atoms with van der Waals surface area (Å²) in [7, 11) is 0. The average Bonchev–Trinajstić information content (AvgIpc) is 3.19. The zero-order valence-corrected chi connectivity index (χ0v) is 18.0. The highest BCUT2D eigenvalue weighted by molar-refractivity contribution is 5.69. The van der Waals surface area contributed by atoms with E-state index >= 15 is 0 Å². The Morgan fingerprint density at radius 3 is 2.61 bits per heavy atom. The molecule has 0 fully saturated rings. The van der Waals surface area contributed by atoms with E-state index in [0.717, 1.165) is 17.7 Å². The van der Waals surface area contributed by atoms with Crippen LogP contribution in [0.1, 0.15) is 37.8 Å². The molecule has 8 heteroatoms. The Morgan fingerprint density at radius 1 is 1.10 bits per heavy atom. The molecule has 3 aromatic rings. The first-order valence-corrected chi connectivity index (χ1v) is 10.6. The van der Waals surface area contributed by atoms with Crippen LogP contribution < -0.4 is 10.1 Å². The van der Waals surface area contributed by atoms with E-state index in [0.29, 0.717) is 38.5 Å². The standard InChI is InChI=1S/C23H29N5O3/c1-3-30-22(29)10-7-15-31-21-13-11-19(12-14-21)16-18(2)24-23-25-26-27-28(23)17-20-8-5-4-6-9-20/h4-6,8-9,11-14,18H,3,7,10,15-17H2,1-2H3,(H,24,25,27). The second-order valence-electron chi connectivity index (χ2n) is 7.30. The molecule has 3 rings (SSSR count). The van der Waals surface area contributed by atoms with Crippen molar-refractivity contribution >= 4 is 11.9 Å². The summed E-state index contributed by atoms with van der Waals surface area (Å²) < 4.78 is 12.4. The van der Waals surface area contributed by atoms with Gasteiger partial charge in [-0.1, -0.05) is 47.6 Å². The van der Waals surface area contributed by atoms with Gasteiger partial charge in [-0.15, -0.1) is 0 Å². The fourth-order valence-corrected chi connectivity index (χ4v) is 3.16. The summed E-state index contributed by atoms with van der Waals surface area (Å²) in [5.41, 5.74) is 2.32. The summed E-state index contributed by atoms with van der Waals surface area (Å²) in [6.07, 6.45) is 1.83. The van der Waals surface area contributed by atoms with Gasteiger partial charge in [-0.25, -0.2) is 4.68 Å². The van der Waals surface area contributed by atoms with Gasteiger partial charge in [0.1, 0.15) is 5.75 Å². The smallest absolute Gasteiger partial charge is 0.305 e. The third-order valence-electron chi connectivity index (χ3n) is 4.65. The lowest BCUT2D eigenvalue weighted by Crippen LogP contribution is -2.21. The van der Waals surface area contributed by atoms with Crippen molar-refractivity contribution in [1.29, 1.82) is 0 Å². The predicted octanol–water partition coefficient (Wildman–Crippen LogP) is 3.49. The monoisotopic (exact) mass is 423 g/mol. The van der Waals surface area contributed by atoms with Gasteiger partial charge in [0.2, 0.25) is 5.95 Å². The molecule has 0 aliphatic rings. The first-order valence-electron chi connectivity index (χ1n) is 10.6. The third-order valence-corrected chi connectivity index (χ3v) is 4.65. The lowest BCUT2D eigenvalue weighted by atomic mass is 10.1. The van der Waals surface area contributed by atoms with Crippen molar-refractivity contribution in [3.8, 4) is 5.75 Å².